The Labute approximate surface area is 221 Å². The molecular formula is C26H25F3N8O2. The third-order valence-corrected chi connectivity index (χ3v) is 5.95. The van der Waals surface area contributed by atoms with Crippen molar-refractivity contribution in [2.45, 2.75) is 53.1 Å². The van der Waals surface area contributed by atoms with Crippen LogP contribution in [-0.4, -0.2) is 46.0 Å². The summed E-state index contributed by atoms with van der Waals surface area (Å²) in [5.74, 6) is 1.78. The molecule has 0 unspecified atom stereocenters. The number of aromatic nitrogens is 8. The molecule has 202 valence electrons. The molecule has 13 heteroatoms. The van der Waals surface area contributed by atoms with E-state index in [9.17, 15) is 13.2 Å². The highest BCUT2D eigenvalue weighted by molar-refractivity contribution is 5.58. The highest BCUT2D eigenvalue weighted by Gasteiger charge is 2.31. The van der Waals surface area contributed by atoms with Crippen LogP contribution in [0.3, 0.4) is 0 Å². The molecule has 0 N–H and O–H groups in total. The van der Waals surface area contributed by atoms with E-state index in [1.165, 1.54) is 24.3 Å². The van der Waals surface area contributed by atoms with Crippen LogP contribution in [-0.2, 0) is 19.5 Å². The van der Waals surface area contributed by atoms with E-state index in [0.29, 0.717) is 17.8 Å². The van der Waals surface area contributed by atoms with E-state index in [4.69, 9.17) is 4.52 Å². The van der Waals surface area contributed by atoms with Gasteiger partial charge in [0.2, 0.25) is 5.82 Å². The molecule has 0 radical (unpaired) electrons. The summed E-state index contributed by atoms with van der Waals surface area (Å²) in [7, 11) is 0. The summed E-state index contributed by atoms with van der Waals surface area (Å²) in [4.78, 5) is 13.2. The molecule has 5 aromatic rings. The highest BCUT2D eigenvalue weighted by atomic mass is 19.4. The topological polar surface area (TPSA) is 110 Å². The fraction of sp³-hybridized carbons (Fsp3) is 0.308. The predicted octanol–water partition coefficient (Wildman–Crippen LogP) is 5.09. The second-order valence-corrected chi connectivity index (χ2v) is 9.01. The molecule has 0 aliphatic heterocycles. The highest BCUT2D eigenvalue weighted by Crippen LogP contribution is 2.27. The molecule has 0 aliphatic carbocycles. The number of halogens is 3. The van der Waals surface area contributed by atoms with Crippen LogP contribution in [0.15, 0.2) is 53.2 Å². The van der Waals surface area contributed by atoms with Crippen molar-refractivity contribution in [1.82, 2.24) is 39.7 Å². The van der Waals surface area contributed by atoms with E-state index in [-0.39, 0.29) is 17.5 Å². The van der Waals surface area contributed by atoms with Crippen molar-refractivity contribution < 1.29 is 22.4 Å². The van der Waals surface area contributed by atoms with Gasteiger partial charge in [0.1, 0.15) is 17.4 Å². The smallest absolute Gasteiger partial charge is 0.406 e. The van der Waals surface area contributed by atoms with Gasteiger partial charge in [-0.3, -0.25) is 14.3 Å². The van der Waals surface area contributed by atoms with Crippen molar-refractivity contribution in [1.29, 1.82) is 0 Å². The Morgan fingerprint density at radius 1 is 0.949 bits per heavy atom. The number of ether oxygens (including phenoxy) is 1. The molecule has 0 fully saturated rings. The lowest BCUT2D eigenvalue weighted by molar-refractivity contribution is -0.274. The lowest BCUT2D eigenvalue weighted by atomic mass is 10.1. The largest absolute Gasteiger partial charge is 0.573 e. The van der Waals surface area contributed by atoms with Gasteiger partial charge in [0.25, 0.3) is 5.89 Å². The van der Waals surface area contributed by atoms with Crippen molar-refractivity contribution in [3.05, 3.63) is 77.3 Å². The van der Waals surface area contributed by atoms with Crippen LogP contribution in [0.2, 0.25) is 0 Å². The normalized spacial score (nSPS) is 11.7. The summed E-state index contributed by atoms with van der Waals surface area (Å²) in [5, 5.41) is 13.0. The average molecular weight is 539 g/mol. The molecule has 10 nitrogen and oxygen atoms in total. The molecule has 39 heavy (non-hydrogen) atoms. The maximum absolute atomic E-state index is 12.4. The molecule has 1 aromatic carbocycles. The summed E-state index contributed by atoms with van der Waals surface area (Å²) in [6.45, 7) is 7.07. The van der Waals surface area contributed by atoms with Crippen molar-refractivity contribution in [2.75, 3.05) is 0 Å². The summed E-state index contributed by atoms with van der Waals surface area (Å²) in [6.07, 6.45) is -1.26. The quantitative estimate of drug-likeness (QED) is 0.255. The fourth-order valence-corrected chi connectivity index (χ4v) is 4.14. The summed E-state index contributed by atoms with van der Waals surface area (Å²) >= 11 is 0. The van der Waals surface area contributed by atoms with Crippen molar-refractivity contribution in [3.8, 4) is 28.7 Å². The lowest BCUT2D eigenvalue weighted by Gasteiger charge is -2.08. The minimum Gasteiger partial charge on any atom is -0.406 e. The summed E-state index contributed by atoms with van der Waals surface area (Å²) in [6, 6.07) is 11.1. The molecule has 0 saturated carbocycles. The van der Waals surface area contributed by atoms with E-state index in [0.717, 1.165) is 48.0 Å². The van der Waals surface area contributed by atoms with E-state index >= 15 is 0 Å². The number of rotatable bonds is 9. The zero-order valence-corrected chi connectivity index (χ0v) is 21.5. The van der Waals surface area contributed by atoms with Crippen LogP contribution in [0.4, 0.5) is 13.2 Å². The first-order valence-electron chi connectivity index (χ1n) is 12.2. The van der Waals surface area contributed by atoms with E-state index in [1.807, 2.05) is 42.3 Å². The number of benzene rings is 1. The maximum atomic E-state index is 12.4. The Kier molecular flexibility index (Phi) is 7.13. The van der Waals surface area contributed by atoms with Gasteiger partial charge in [0.15, 0.2) is 5.69 Å². The van der Waals surface area contributed by atoms with Gasteiger partial charge in [-0.2, -0.15) is 15.2 Å². The minimum absolute atomic E-state index is 0.205. The Bertz CT molecular complexity index is 1570. The third-order valence-electron chi connectivity index (χ3n) is 5.95. The zero-order valence-electron chi connectivity index (χ0n) is 21.5. The van der Waals surface area contributed by atoms with Gasteiger partial charge in [0.05, 0.1) is 6.54 Å². The molecule has 0 aliphatic rings. The van der Waals surface area contributed by atoms with E-state index in [1.54, 1.807) is 6.20 Å². The monoisotopic (exact) mass is 538 g/mol. The molecule has 0 atom stereocenters. The minimum atomic E-state index is -4.76. The van der Waals surface area contributed by atoms with Crippen molar-refractivity contribution in [3.63, 3.8) is 0 Å². The van der Waals surface area contributed by atoms with Crippen LogP contribution in [0.5, 0.6) is 5.75 Å². The zero-order chi connectivity index (χ0) is 27.6. The SMILES string of the molecule is Cc1nc(C)n(CCCc2cc(Cn3nc(-c4nc(-c5ccc(OC(F)(F)F)cc5)no4)cc3C)ccn2)n1. The standard InChI is InChI=1S/C26H25F3N8O2/c1-16-13-23(25-32-24(35-39-25)20-6-8-22(9-7-20)38-26(27,28)29)34-37(16)15-19-10-11-30-21(14-19)5-4-12-36-18(3)31-17(2)33-36/h6-11,13-14H,4-5,12,15H2,1-3H3. The van der Waals surface area contributed by atoms with Gasteiger partial charge in [-0.25, -0.2) is 4.98 Å². The second-order valence-electron chi connectivity index (χ2n) is 9.01. The van der Waals surface area contributed by atoms with Gasteiger partial charge in [-0.15, -0.1) is 13.2 Å². The molecule has 4 aromatic heterocycles. The summed E-state index contributed by atoms with van der Waals surface area (Å²) in [5.41, 5.74) is 3.91. The first kappa shape index (κ1) is 26.1. The fourth-order valence-electron chi connectivity index (χ4n) is 4.14. The van der Waals surface area contributed by atoms with E-state index in [2.05, 4.69) is 41.1 Å². The van der Waals surface area contributed by atoms with Gasteiger partial charge in [0, 0.05) is 29.7 Å². The Morgan fingerprint density at radius 2 is 1.74 bits per heavy atom. The van der Waals surface area contributed by atoms with Crippen LogP contribution in [0, 0.1) is 20.8 Å². The second kappa shape index (κ2) is 10.7. The van der Waals surface area contributed by atoms with Crippen LogP contribution >= 0.6 is 0 Å². The Balaban J connectivity index is 1.23. The molecule has 4 heterocycles. The number of nitrogens with zero attached hydrogens (tertiary/aromatic N) is 8. The van der Waals surface area contributed by atoms with Gasteiger partial charge >= 0.3 is 6.36 Å². The van der Waals surface area contributed by atoms with Crippen LogP contribution < -0.4 is 4.74 Å². The first-order valence-corrected chi connectivity index (χ1v) is 12.2. The lowest BCUT2D eigenvalue weighted by Crippen LogP contribution is -2.16. The molecule has 5 rings (SSSR count). The van der Waals surface area contributed by atoms with E-state index < -0.39 is 6.36 Å². The van der Waals surface area contributed by atoms with Crippen LogP contribution in [0.1, 0.15) is 35.0 Å². The Morgan fingerprint density at radius 3 is 2.46 bits per heavy atom. The number of hydrogen-bond acceptors (Lipinski definition) is 8. The van der Waals surface area contributed by atoms with Crippen molar-refractivity contribution in [2.24, 2.45) is 0 Å². The third kappa shape index (κ3) is 6.48. The molecule has 0 saturated heterocycles. The van der Waals surface area contributed by atoms with Crippen molar-refractivity contribution >= 4 is 0 Å². The van der Waals surface area contributed by atoms with Gasteiger partial charge < -0.3 is 9.26 Å². The first-order chi connectivity index (χ1) is 18.6. The van der Waals surface area contributed by atoms with Gasteiger partial charge in [-0.05, 0) is 81.6 Å². The van der Waals surface area contributed by atoms with Crippen LogP contribution in [0.25, 0.3) is 23.0 Å². The number of alkyl halides is 3. The molecular weight excluding hydrogens is 513 g/mol. The number of hydrogen-bond donors (Lipinski definition) is 0. The average Bonchev–Trinajstić information content (AvgIpc) is 3.58. The number of pyridine rings is 1. The predicted molar refractivity (Wildman–Crippen MR) is 134 cm³/mol. The molecule has 0 spiro atoms. The molecule has 0 amide bonds. The van der Waals surface area contributed by atoms with Gasteiger partial charge in [-0.1, -0.05) is 5.16 Å². The number of aryl methyl sites for hydroxylation is 5. The maximum Gasteiger partial charge on any atom is 0.573 e. The Hall–Kier alpha value is -4.55. The summed E-state index contributed by atoms with van der Waals surface area (Å²) < 4.78 is 50.2. The molecule has 0 bridgehead atoms.